The molecule has 0 rings (SSSR count). The predicted molar refractivity (Wildman–Crippen MR) is 66.0 cm³/mol. The number of amides is 1. The van der Waals surface area contributed by atoms with Crippen molar-refractivity contribution in [1.82, 2.24) is 5.32 Å². The monoisotopic (exact) mass is 293 g/mol. The Morgan fingerprint density at radius 3 is 1.70 bits per heavy atom. The van der Waals surface area contributed by atoms with E-state index in [9.17, 15) is 19.2 Å². The minimum absolute atomic E-state index is 0.107. The van der Waals surface area contributed by atoms with E-state index in [0.29, 0.717) is 0 Å². The number of carbonyl (C=O) groups excluding carboxylic acids is 1. The van der Waals surface area contributed by atoms with Gasteiger partial charge in [-0.05, 0) is 20.3 Å². The minimum atomic E-state index is -1.58. The van der Waals surface area contributed by atoms with E-state index < -0.39 is 35.5 Å². The summed E-state index contributed by atoms with van der Waals surface area (Å²) >= 11 is 0. The van der Waals surface area contributed by atoms with Crippen LogP contribution < -0.4 is 5.32 Å². The zero-order valence-corrected chi connectivity index (χ0v) is 11.4. The molecule has 0 saturated heterocycles. The first-order valence-corrected chi connectivity index (χ1v) is 5.55. The highest BCUT2D eigenvalue weighted by Crippen LogP contribution is 1.98. The van der Waals surface area contributed by atoms with Crippen LogP contribution in [0.5, 0.6) is 0 Å². The molecule has 0 aromatic heterocycles. The first-order valence-electron chi connectivity index (χ1n) is 5.55. The molecular formula is C11H19NO8. The van der Waals surface area contributed by atoms with E-state index in [-0.39, 0.29) is 12.8 Å². The molecule has 0 saturated carbocycles. The second-order valence-electron chi connectivity index (χ2n) is 4.39. The van der Waals surface area contributed by atoms with Crippen molar-refractivity contribution in [2.75, 3.05) is 0 Å². The van der Waals surface area contributed by atoms with E-state index in [1.165, 1.54) is 20.8 Å². The lowest BCUT2D eigenvalue weighted by Gasteiger charge is -2.10. The number of rotatable bonds is 6. The molecule has 5 N–H and O–H groups in total. The lowest BCUT2D eigenvalue weighted by molar-refractivity contribution is -0.154. The summed E-state index contributed by atoms with van der Waals surface area (Å²) in [5.74, 6) is -4.00. The highest BCUT2D eigenvalue weighted by molar-refractivity contribution is 5.82. The fraction of sp³-hybridized carbons (Fsp3) is 0.636. The van der Waals surface area contributed by atoms with Gasteiger partial charge in [0, 0.05) is 13.3 Å². The molecule has 0 aliphatic heterocycles. The van der Waals surface area contributed by atoms with E-state index >= 15 is 0 Å². The SMILES string of the molecule is CC(=O)NC(CCC(=O)O)C(=O)O.CC(C)(O)C(=O)O. The number of hydrogen-bond donors (Lipinski definition) is 5. The second kappa shape index (κ2) is 8.86. The van der Waals surface area contributed by atoms with Crippen molar-refractivity contribution < 1.29 is 39.6 Å². The number of carbonyl (C=O) groups is 4. The molecule has 0 aliphatic rings. The fourth-order valence-corrected chi connectivity index (χ4v) is 0.771. The van der Waals surface area contributed by atoms with Crippen LogP contribution in [0.25, 0.3) is 0 Å². The third kappa shape index (κ3) is 12.3. The van der Waals surface area contributed by atoms with Crippen molar-refractivity contribution in [2.45, 2.75) is 45.3 Å². The Bertz CT molecular complexity index is 371. The molecule has 0 radical (unpaired) electrons. The summed E-state index contributed by atoms with van der Waals surface area (Å²) < 4.78 is 0. The van der Waals surface area contributed by atoms with E-state index in [2.05, 4.69) is 5.32 Å². The molecule has 20 heavy (non-hydrogen) atoms. The Morgan fingerprint density at radius 1 is 1.10 bits per heavy atom. The van der Waals surface area contributed by atoms with E-state index in [0.717, 1.165) is 0 Å². The van der Waals surface area contributed by atoms with Gasteiger partial charge in [-0.2, -0.15) is 0 Å². The van der Waals surface area contributed by atoms with Crippen LogP contribution in [0.15, 0.2) is 0 Å². The third-order valence-corrected chi connectivity index (χ3v) is 1.85. The Hall–Kier alpha value is -2.16. The summed E-state index contributed by atoms with van der Waals surface area (Å²) in [6, 6.07) is -1.12. The molecule has 116 valence electrons. The van der Waals surface area contributed by atoms with Gasteiger partial charge in [-0.1, -0.05) is 0 Å². The lowest BCUT2D eigenvalue weighted by Crippen LogP contribution is -2.39. The van der Waals surface area contributed by atoms with Crippen LogP contribution in [0.4, 0.5) is 0 Å². The smallest absolute Gasteiger partial charge is 0.335 e. The summed E-state index contributed by atoms with van der Waals surface area (Å²) in [5.41, 5.74) is -1.58. The van der Waals surface area contributed by atoms with Crippen molar-refractivity contribution in [1.29, 1.82) is 0 Å². The Balaban J connectivity index is 0. The Kier molecular flexibility index (Phi) is 8.93. The summed E-state index contributed by atoms with van der Waals surface area (Å²) in [6.45, 7) is 3.61. The fourth-order valence-electron chi connectivity index (χ4n) is 0.771. The van der Waals surface area contributed by atoms with Crippen LogP contribution in [-0.2, 0) is 19.2 Å². The topological polar surface area (TPSA) is 161 Å². The average Bonchev–Trinajstić information content (AvgIpc) is 2.22. The maximum atomic E-state index is 10.5. The van der Waals surface area contributed by atoms with Gasteiger partial charge in [0.2, 0.25) is 5.91 Å². The van der Waals surface area contributed by atoms with Crippen molar-refractivity contribution in [3.8, 4) is 0 Å². The molecule has 0 spiro atoms. The molecule has 1 atom stereocenters. The number of carboxylic acids is 3. The third-order valence-electron chi connectivity index (χ3n) is 1.85. The van der Waals surface area contributed by atoms with Gasteiger partial charge < -0.3 is 25.7 Å². The molecule has 0 aliphatic carbocycles. The molecule has 0 bridgehead atoms. The summed E-state index contributed by atoms with van der Waals surface area (Å²) in [4.78, 5) is 40.8. The van der Waals surface area contributed by atoms with Crippen LogP contribution in [0, 0.1) is 0 Å². The van der Waals surface area contributed by atoms with Crippen LogP contribution in [0.3, 0.4) is 0 Å². The van der Waals surface area contributed by atoms with Gasteiger partial charge in [-0.15, -0.1) is 0 Å². The maximum Gasteiger partial charge on any atom is 0.335 e. The molecule has 1 amide bonds. The predicted octanol–water partition coefficient (Wildman–Crippen LogP) is -0.718. The lowest BCUT2D eigenvalue weighted by atomic mass is 10.1. The zero-order chi connectivity index (χ0) is 16.5. The largest absolute Gasteiger partial charge is 0.481 e. The Labute approximate surface area is 115 Å². The van der Waals surface area contributed by atoms with Gasteiger partial charge in [0.1, 0.15) is 6.04 Å². The summed E-state index contributed by atoms with van der Waals surface area (Å²) in [6.07, 6.45) is -0.387. The van der Waals surface area contributed by atoms with Crippen LogP contribution in [-0.4, -0.2) is 55.9 Å². The van der Waals surface area contributed by atoms with E-state index in [1.54, 1.807) is 0 Å². The minimum Gasteiger partial charge on any atom is -0.481 e. The molecular weight excluding hydrogens is 274 g/mol. The first-order chi connectivity index (χ1) is 8.87. The molecule has 9 heteroatoms. The standard InChI is InChI=1S/C7H11NO5.C4H8O3/c1-4(9)8-5(7(12)13)2-3-6(10)11;1-4(2,7)3(5)6/h5H,2-3H2,1H3,(H,8,9)(H,10,11)(H,12,13);7H,1-2H3,(H,5,6). The van der Waals surface area contributed by atoms with Gasteiger partial charge in [0.15, 0.2) is 5.60 Å². The van der Waals surface area contributed by atoms with Crippen LogP contribution in [0.1, 0.15) is 33.6 Å². The summed E-state index contributed by atoms with van der Waals surface area (Å²) in [7, 11) is 0. The van der Waals surface area contributed by atoms with Gasteiger partial charge in [-0.25, -0.2) is 9.59 Å². The number of carboxylic acid groups (broad SMARTS) is 3. The highest BCUT2D eigenvalue weighted by atomic mass is 16.4. The van der Waals surface area contributed by atoms with Gasteiger partial charge >= 0.3 is 17.9 Å². The molecule has 0 heterocycles. The molecule has 0 aromatic rings. The van der Waals surface area contributed by atoms with Gasteiger partial charge in [0.05, 0.1) is 0 Å². The number of aliphatic hydroxyl groups is 1. The van der Waals surface area contributed by atoms with Crippen LogP contribution >= 0.6 is 0 Å². The second-order valence-corrected chi connectivity index (χ2v) is 4.39. The normalized spacial score (nSPS) is 11.6. The van der Waals surface area contributed by atoms with Crippen molar-refractivity contribution in [3.63, 3.8) is 0 Å². The molecule has 0 aromatic carbocycles. The average molecular weight is 293 g/mol. The maximum absolute atomic E-state index is 10.5. The molecule has 1 unspecified atom stereocenters. The quantitative estimate of drug-likeness (QED) is 0.428. The Morgan fingerprint density at radius 2 is 1.50 bits per heavy atom. The van der Waals surface area contributed by atoms with E-state index in [4.69, 9.17) is 20.4 Å². The van der Waals surface area contributed by atoms with Gasteiger partial charge in [0.25, 0.3) is 0 Å². The van der Waals surface area contributed by atoms with E-state index in [1.807, 2.05) is 0 Å². The first kappa shape index (κ1) is 20.2. The highest BCUT2D eigenvalue weighted by Gasteiger charge is 2.21. The van der Waals surface area contributed by atoms with Crippen molar-refractivity contribution >= 4 is 23.8 Å². The number of nitrogens with one attached hydrogen (secondary N) is 1. The molecule has 9 nitrogen and oxygen atoms in total. The van der Waals surface area contributed by atoms with Crippen molar-refractivity contribution in [2.24, 2.45) is 0 Å². The van der Waals surface area contributed by atoms with Crippen molar-refractivity contribution in [3.05, 3.63) is 0 Å². The zero-order valence-electron chi connectivity index (χ0n) is 11.4. The number of hydrogen-bond acceptors (Lipinski definition) is 5. The molecule has 0 fully saturated rings. The number of aliphatic carboxylic acids is 3. The van der Waals surface area contributed by atoms with Gasteiger partial charge in [-0.3, -0.25) is 9.59 Å². The van der Waals surface area contributed by atoms with Crippen LogP contribution in [0.2, 0.25) is 0 Å². The summed E-state index contributed by atoms with van der Waals surface area (Å²) in [5, 5.41) is 35.4.